The smallest absolute Gasteiger partial charge is 0.249 e. The third-order valence-electron chi connectivity index (χ3n) is 6.52. The predicted molar refractivity (Wildman–Crippen MR) is 130 cm³/mol. The van der Waals surface area contributed by atoms with Gasteiger partial charge in [0.25, 0.3) is 0 Å². The van der Waals surface area contributed by atoms with Crippen molar-refractivity contribution < 1.29 is 33.7 Å². The van der Waals surface area contributed by atoms with Gasteiger partial charge in [-0.05, 0) is 43.2 Å². The van der Waals surface area contributed by atoms with Crippen LogP contribution in [-0.2, 0) is 20.7 Å². The van der Waals surface area contributed by atoms with Gasteiger partial charge in [-0.25, -0.2) is 4.39 Å². The van der Waals surface area contributed by atoms with Crippen molar-refractivity contribution in [3.8, 4) is 5.75 Å². The number of fused-ring (bicyclic) bond motifs is 3. The maximum atomic E-state index is 13.7. The van der Waals surface area contributed by atoms with Gasteiger partial charge in [0.1, 0.15) is 30.4 Å². The number of hydrogen-bond acceptors (Lipinski definition) is 6. The number of ether oxygens (including phenoxy) is 2. The maximum Gasteiger partial charge on any atom is 0.249 e. The van der Waals surface area contributed by atoms with Crippen LogP contribution in [0.25, 0.3) is 0 Å². The normalized spacial score (nSPS) is 22.2. The molecule has 0 aromatic heterocycles. The van der Waals surface area contributed by atoms with Gasteiger partial charge in [0, 0.05) is 30.8 Å². The summed E-state index contributed by atoms with van der Waals surface area (Å²) in [7, 11) is 0. The van der Waals surface area contributed by atoms with Crippen LogP contribution in [0.1, 0.15) is 24.0 Å². The second-order valence-corrected chi connectivity index (χ2v) is 8.78. The van der Waals surface area contributed by atoms with Crippen molar-refractivity contribution >= 4 is 11.8 Å². The predicted octanol–water partition coefficient (Wildman–Crippen LogP) is 1.56. The number of rotatable bonds is 10. The molecule has 0 spiro atoms. The van der Waals surface area contributed by atoms with Crippen LogP contribution in [0, 0.1) is 5.82 Å². The zero-order valence-electron chi connectivity index (χ0n) is 20.1. The van der Waals surface area contributed by atoms with Crippen LogP contribution < -0.4 is 10.1 Å². The van der Waals surface area contributed by atoms with Crippen molar-refractivity contribution in [3.63, 3.8) is 0 Å². The summed E-state index contributed by atoms with van der Waals surface area (Å²) < 4.78 is 25.2. The van der Waals surface area contributed by atoms with E-state index in [9.17, 15) is 24.2 Å². The van der Waals surface area contributed by atoms with E-state index in [-0.39, 0.29) is 38.0 Å². The Morgan fingerprint density at radius 3 is 2.75 bits per heavy atom. The van der Waals surface area contributed by atoms with Crippen molar-refractivity contribution in [2.24, 2.45) is 0 Å². The van der Waals surface area contributed by atoms with Crippen molar-refractivity contribution in [1.29, 1.82) is 0 Å². The molecule has 8 nitrogen and oxygen atoms in total. The molecule has 2 aliphatic rings. The van der Waals surface area contributed by atoms with E-state index in [0.29, 0.717) is 29.9 Å². The molecule has 0 unspecified atom stereocenters. The minimum absolute atomic E-state index is 0.0653. The van der Waals surface area contributed by atoms with Gasteiger partial charge in [0.15, 0.2) is 0 Å². The number of benzene rings is 2. The Kier molecular flexibility index (Phi) is 8.35. The number of carbonyl (C=O) groups excluding carboxylic acids is 2. The van der Waals surface area contributed by atoms with Crippen LogP contribution >= 0.6 is 0 Å². The zero-order valence-corrected chi connectivity index (χ0v) is 20.1. The minimum Gasteiger partial charge on any atom is -0.486 e. The molecule has 0 saturated heterocycles. The standard InChI is InChI=1S/C27H31FN2O6/c1-2-35-16-23(32)30(12-10-17-6-5-7-18(28)14-17)21-15-20(27(34)29-11-13-31)24-19-8-3-4-9-22(19)36-26(24)25(21)33/h3-9,14-15,21,24-26,31,33H,2,10-13,16H2,1H3,(H,29,34)/t21-,24+,25+,26+/m1/s1. The van der Waals surface area contributed by atoms with Crippen molar-refractivity contribution in [1.82, 2.24) is 10.2 Å². The summed E-state index contributed by atoms with van der Waals surface area (Å²) in [6.45, 7) is 1.93. The fourth-order valence-corrected chi connectivity index (χ4v) is 4.85. The summed E-state index contributed by atoms with van der Waals surface area (Å²) in [6, 6.07) is 12.5. The highest BCUT2D eigenvalue weighted by atomic mass is 19.1. The molecule has 1 aliphatic heterocycles. The number of para-hydroxylation sites is 1. The molecular weight excluding hydrogens is 467 g/mol. The third-order valence-corrected chi connectivity index (χ3v) is 6.52. The maximum absolute atomic E-state index is 13.7. The fourth-order valence-electron chi connectivity index (χ4n) is 4.85. The number of aliphatic hydroxyl groups excluding tert-OH is 2. The lowest BCUT2D eigenvalue weighted by Gasteiger charge is -2.40. The lowest BCUT2D eigenvalue weighted by molar-refractivity contribution is -0.141. The van der Waals surface area contributed by atoms with E-state index in [1.54, 1.807) is 31.2 Å². The van der Waals surface area contributed by atoms with Gasteiger partial charge in [0.2, 0.25) is 11.8 Å². The molecule has 3 N–H and O–H groups in total. The molecule has 4 rings (SSSR count). The highest BCUT2D eigenvalue weighted by Gasteiger charge is 2.50. The Morgan fingerprint density at radius 2 is 2.00 bits per heavy atom. The monoisotopic (exact) mass is 498 g/mol. The lowest BCUT2D eigenvalue weighted by atomic mass is 9.77. The molecule has 2 aromatic rings. The zero-order chi connectivity index (χ0) is 25.7. The SMILES string of the molecule is CCOCC(=O)N(CCc1cccc(F)c1)[C@@H]1C=C(C(=O)NCCO)[C@@H]2c3ccccc3O[C@@H]2[C@H]1O. The molecular formula is C27H31FN2O6. The number of hydrogen-bond donors (Lipinski definition) is 3. The number of amides is 2. The largest absolute Gasteiger partial charge is 0.486 e. The number of nitrogens with zero attached hydrogens (tertiary/aromatic N) is 1. The number of nitrogens with one attached hydrogen (secondary N) is 1. The minimum atomic E-state index is -1.13. The Hall–Kier alpha value is -3.27. The molecule has 0 radical (unpaired) electrons. The molecule has 4 atom stereocenters. The van der Waals surface area contributed by atoms with Crippen LogP contribution in [0.15, 0.2) is 60.2 Å². The number of halogens is 1. The first-order valence-electron chi connectivity index (χ1n) is 12.1. The molecule has 1 heterocycles. The highest BCUT2D eigenvalue weighted by Crippen LogP contribution is 2.47. The Bertz CT molecular complexity index is 1120. The first kappa shape index (κ1) is 25.8. The van der Waals surface area contributed by atoms with Gasteiger partial charge in [-0.1, -0.05) is 30.3 Å². The van der Waals surface area contributed by atoms with Crippen LogP contribution in [0.4, 0.5) is 4.39 Å². The summed E-state index contributed by atoms with van der Waals surface area (Å²) in [4.78, 5) is 27.8. The van der Waals surface area contributed by atoms with Gasteiger partial charge in [-0.2, -0.15) is 0 Å². The molecule has 0 fully saturated rings. The van der Waals surface area contributed by atoms with Crippen LogP contribution in [0.5, 0.6) is 5.75 Å². The van der Waals surface area contributed by atoms with Crippen molar-refractivity contribution in [2.75, 3.05) is 32.9 Å². The molecule has 1 aliphatic carbocycles. The molecule has 9 heteroatoms. The molecule has 2 aromatic carbocycles. The fraction of sp³-hybridized carbons (Fsp3) is 0.407. The van der Waals surface area contributed by atoms with E-state index in [4.69, 9.17) is 9.47 Å². The number of carbonyl (C=O) groups is 2. The summed E-state index contributed by atoms with van der Waals surface area (Å²) in [5, 5.41) is 23.3. The van der Waals surface area contributed by atoms with Gasteiger partial charge >= 0.3 is 0 Å². The van der Waals surface area contributed by atoms with Gasteiger partial charge in [-0.15, -0.1) is 0 Å². The summed E-state index contributed by atoms with van der Waals surface area (Å²) >= 11 is 0. The second-order valence-electron chi connectivity index (χ2n) is 8.78. The van der Waals surface area contributed by atoms with Crippen molar-refractivity contribution in [3.05, 3.63) is 77.1 Å². The second kappa shape index (κ2) is 11.6. The number of aliphatic hydroxyl groups is 2. The first-order valence-corrected chi connectivity index (χ1v) is 12.1. The van der Waals surface area contributed by atoms with Crippen LogP contribution in [0.2, 0.25) is 0 Å². The van der Waals surface area contributed by atoms with Crippen LogP contribution in [-0.4, -0.2) is 78.1 Å². The van der Waals surface area contributed by atoms with E-state index in [1.807, 2.05) is 18.2 Å². The van der Waals surface area contributed by atoms with E-state index < -0.39 is 30.1 Å². The highest BCUT2D eigenvalue weighted by molar-refractivity contribution is 5.96. The first-order chi connectivity index (χ1) is 17.4. The quantitative estimate of drug-likeness (QED) is 0.459. The molecule has 0 saturated carbocycles. The molecule has 36 heavy (non-hydrogen) atoms. The van der Waals surface area contributed by atoms with Gasteiger partial charge in [-0.3, -0.25) is 9.59 Å². The average molecular weight is 499 g/mol. The summed E-state index contributed by atoms with van der Waals surface area (Å²) in [5.74, 6) is -1.10. The lowest BCUT2D eigenvalue weighted by Crippen LogP contribution is -2.56. The van der Waals surface area contributed by atoms with Gasteiger partial charge < -0.3 is 29.9 Å². The van der Waals surface area contributed by atoms with E-state index in [0.717, 1.165) is 5.56 Å². The molecule has 2 amide bonds. The van der Waals surface area contributed by atoms with E-state index in [1.165, 1.54) is 17.0 Å². The molecule has 192 valence electrons. The average Bonchev–Trinajstić information content (AvgIpc) is 3.27. The Morgan fingerprint density at radius 1 is 1.19 bits per heavy atom. The Balaban J connectivity index is 1.69. The summed E-state index contributed by atoms with van der Waals surface area (Å²) in [5.41, 5.74) is 1.83. The van der Waals surface area contributed by atoms with Gasteiger partial charge in [0.05, 0.1) is 18.6 Å². The van der Waals surface area contributed by atoms with E-state index >= 15 is 0 Å². The summed E-state index contributed by atoms with van der Waals surface area (Å²) in [6.07, 6.45) is 0.0339. The topological polar surface area (TPSA) is 108 Å². The van der Waals surface area contributed by atoms with E-state index in [2.05, 4.69) is 5.32 Å². The third kappa shape index (κ3) is 5.43. The Labute approximate surface area is 209 Å². The van der Waals surface area contributed by atoms with Crippen LogP contribution in [0.3, 0.4) is 0 Å². The van der Waals surface area contributed by atoms with Crippen molar-refractivity contribution in [2.45, 2.75) is 37.5 Å². The molecule has 0 bridgehead atoms.